The van der Waals surface area contributed by atoms with E-state index in [1.54, 1.807) is 21.2 Å². The van der Waals surface area contributed by atoms with Gasteiger partial charge in [-0.25, -0.2) is 4.99 Å². The molecule has 2 fully saturated rings. The lowest BCUT2D eigenvalue weighted by Crippen LogP contribution is -2.44. The summed E-state index contributed by atoms with van der Waals surface area (Å²) in [5.74, 6) is 0.854. The van der Waals surface area contributed by atoms with Gasteiger partial charge in [-0.1, -0.05) is 12.1 Å². The summed E-state index contributed by atoms with van der Waals surface area (Å²) in [5, 5.41) is 6.60. The van der Waals surface area contributed by atoms with Crippen molar-refractivity contribution in [2.45, 2.75) is 31.2 Å². The number of rotatable bonds is 8. The van der Waals surface area contributed by atoms with Gasteiger partial charge in [0.25, 0.3) is 0 Å². The third kappa shape index (κ3) is 7.09. The molecule has 1 atom stereocenters. The SMILES string of the molecule is COc1ccc(CCNC(=NCC(=O)N(C)C)NCC2COC3(CCOCC3)O2)cc1. The molecule has 2 N–H and O–H groups in total. The monoisotopic (exact) mass is 434 g/mol. The number of nitrogens with zero attached hydrogens (tertiary/aromatic N) is 2. The van der Waals surface area contributed by atoms with E-state index in [0.29, 0.717) is 38.9 Å². The van der Waals surface area contributed by atoms with Crippen molar-refractivity contribution in [3.63, 3.8) is 0 Å². The van der Waals surface area contributed by atoms with Crippen LogP contribution >= 0.6 is 0 Å². The largest absolute Gasteiger partial charge is 0.497 e. The summed E-state index contributed by atoms with van der Waals surface area (Å²) in [6.45, 7) is 3.15. The molecule has 31 heavy (non-hydrogen) atoms. The average molecular weight is 435 g/mol. The van der Waals surface area contributed by atoms with Gasteiger partial charge in [0.05, 0.1) is 26.9 Å². The van der Waals surface area contributed by atoms with E-state index in [-0.39, 0.29) is 18.6 Å². The molecule has 1 spiro atoms. The summed E-state index contributed by atoms with van der Waals surface area (Å²) < 4.78 is 22.7. The summed E-state index contributed by atoms with van der Waals surface area (Å²) in [5.41, 5.74) is 1.19. The number of benzene rings is 1. The Labute approximate surface area is 184 Å². The summed E-state index contributed by atoms with van der Waals surface area (Å²) in [6.07, 6.45) is 2.25. The first-order valence-corrected chi connectivity index (χ1v) is 10.7. The van der Waals surface area contributed by atoms with E-state index in [2.05, 4.69) is 15.6 Å². The van der Waals surface area contributed by atoms with Crippen LogP contribution in [-0.4, -0.2) is 89.3 Å². The van der Waals surface area contributed by atoms with E-state index in [1.807, 2.05) is 24.3 Å². The van der Waals surface area contributed by atoms with E-state index in [0.717, 1.165) is 25.0 Å². The number of carbonyl (C=O) groups is 1. The number of carbonyl (C=O) groups excluding carboxylic acids is 1. The Kier molecular flexibility index (Phi) is 8.51. The number of likely N-dealkylation sites (N-methyl/N-ethyl adjacent to an activating group) is 1. The molecule has 2 aliphatic rings. The molecule has 0 aliphatic carbocycles. The lowest BCUT2D eigenvalue weighted by molar-refractivity contribution is -0.210. The van der Waals surface area contributed by atoms with Crippen molar-refractivity contribution in [2.24, 2.45) is 4.99 Å². The van der Waals surface area contributed by atoms with E-state index in [1.165, 1.54) is 10.5 Å². The van der Waals surface area contributed by atoms with Crippen molar-refractivity contribution < 1.29 is 23.7 Å². The van der Waals surface area contributed by atoms with Gasteiger partial charge in [-0.3, -0.25) is 4.79 Å². The molecule has 0 radical (unpaired) electrons. The first kappa shape index (κ1) is 23.3. The van der Waals surface area contributed by atoms with E-state index in [4.69, 9.17) is 18.9 Å². The van der Waals surface area contributed by atoms with Crippen molar-refractivity contribution in [3.8, 4) is 5.75 Å². The molecule has 0 saturated carbocycles. The average Bonchev–Trinajstić information content (AvgIpc) is 3.17. The highest BCUT2D eigenvalue weighted by molar-refractivity contribution is 5.84. The van der Waals surface area contributed by atoms with Crippen LogP contribution in [0.4, 0.5) is 0 Å². The summed E-state index contributed by atoms with van der Waals surface area (Å²) in [7, 11) is 5.10. The molecule has 172 valence electrons. The zero-order valence-corrected chi connectivity index (χ0v) is 18.7. The Bertz CT molecular complexity index is 732. The molecule has 0 bridgehead atoms. The number of amides is 1. The second-order valence-corrected chi connectivity index (χ2v) is 7.93. The maximum absolute atomic E-state index is 12.0. The van der Waals surface area contributed by atoms with Gasteiger partial charge in [-0.2, -0.15) is 0 Å². The molecule has 1 amide bonds. The first-order chi connectivity index (χ1) is 15.0. The van der Waals surface area contributed by atoms with Crippen LogP contribution in [0, 0.1) is 0 Å². The molecule has 1 unspecified atom stereocenters. The number of aliphatic imine (C=N–C) groups is 1. The van der Waals surface area contributed by atoms with Gasteiger partial charge in [0, 0.05) is 40.0 Å². The predicted octanol–water partition coefficient (Wildman–Crippen LogP) is 0.783. The molecule has 9 nitrogen and oxygen atoms in total. The number of nitrogens with one attached hydrogen (secondary N) is 2. The Hall–Kier alpha value is -2.36. The molecule has 1 aromatic carbocycles. The molecule has 2 heterocycles. The Morgan fingerprint density at radius 1 is 1.23 bits per heavy atom. The number of hydrogen-bond acceptors (Lipinski definition) is 6. The molecule has 9 heteroatoms. The van der Waals surface area contributed by atoms with Crippen LogP contribution in [0.3, 0.4) is 0 Å². The van der Waals surface area contributed by atoms with E-state index >= 15 is 0 Å². The second-order valence-electron chi connectivity index (χ2n) is 7.93. The fraction of sp³-hybridized carbons (Fsp3) is 0.636. The molecule has 2 aliphatic heterocycles. The first-order valence-electron chi connectivity index (χ1n) is 10.7. The van der Waals surface area contributed by atoms with Crippen molar-refractivity contribution in [3.05, 3.63) is 29.8 Å². The Morgan fingerprint density at radius 3 is 2.65 bits per heavy atom. The standard InChI is InChI=1S/C22H34N4O5/c1-26(2)20(27)15-25-21(23-11-8-17-4-6-18(28-3)7-5-17)24-14-19-16-30-22(31-19)9-12-29-13-10-22/h4-7,19H,8-16H2,1-3H3,(H2,23,24,25). The molecular weight excluding hydrogens is 400 g/mol. The van der Waals surface area contributed by atoms with Gasteiger partial charge < -0.3 is 34.5 Å². The van der Waals surface area contributed by atoms with Crippen molar-refractivity contribution in [2.75, 3.05) is 60.7 Å². The molecular formula is C22H34N4O5. The topological polar surface area (TPSA) is 93.7 Å². The van der Waals surface area contributed by atoms with Crippen molar-refractivity contribution >= 4 is 11.9 Å². The van der Waals surface area contributed by atoms with Crippen LogP contribution in [0.15, 0.2) is 29.3 Å². The number of ether oxygens (including phenoxy) is 4. The number of hydrogen-bond donors (Lipinski definition) is 2. The molecule has 2 saturated heterocycles. The molecule has 1 aromatic rings. The highest BCUT2D eigenvalue weighted by Gasteiger charge is 2.42. The highest BCUT2D eigenvalue weighted by atomic mass is 16.7. The maximum Gasteiger partial charge on any atom is 0.243 e. The fourth-order valence-corrected chi connectivity index (χ4v) is 3.45. The van der Waals surface area contributed by atoms with Crippen LogP contribution in [0.1, 0.15) is 18.4 Å². The van der Waals surface area contributed by atoms with Gasteiger partial charge in [-0.15, -0.1) is 0 Å². The predicted molar refractivity (Wildman–Crippen MR) is 117 cm³/mol. The zero-order chi connectivity index (χ0) is 22.1. The van der Waals surface area contributed by atoms with E-state index in [9.17, 15) is 4.79 Å². The van der Waals surface area contributed by atoms with Gasteiger partial charge in [-0.05, 0) is 24.1 Å². The van der Waals surface area contributed by atoms with Crippen molar-refractivity contribution in [1.29, 1.82) is 0 Å². The van der Waals surface area contributed by atoms with Crippen LogP contribution < -0.4 is 15.4 Å². The van der Waals surface area contributed by atoms with Crippen LogP contribution in [0.2, 0.25) is 0 Å². The van der Waals surface area contributed by atoms with Gasteiger partial charge in [0.2, 0.25) is 5.91 Å². The minimum Gasteiger partial charge on any atom is -0.497 e. The summed E-state index contributed by atoms with van der Waals surface area (Å²) in [4.78, 5) is 17.9. The van der Waals surface area contributed by atoms with Crippen LogP contribution in [-0.2, 0) is 25.4 Å². The quantitative estimate of drug-likeness (QED) is 0.461. The molecule has 3 rings (SSSR count). The van der Waals surface area contributed by atoms with Crippen LogP contribution in [0.5, 0.6) is 5.75 Å². The third-order valence-corrected chi connectivity index (χ3v) is 5.40. The normalized spacial score (nSPS) is 20.5. The zero-order valence-electron chi connectivity index (χ0n) is 18.7. The van der Waals surface area contributed by atoms with Gasteiger partial charge in [0.15, 0.2) is 11.7 Å². The second kappa shape index (κ2) is 11.3. The Morgan fingerprint density at radius 2 is 1.97 bits per heavy atom. The maximum atomic E-state index is 12.0. The minimum absolute atomic E-state index is 0.0575. The van der Waals surface area contributed by atoms with Crippen LogP contribution in [0.25, 0.3) is 0 Å². The van der Waals surface area contributed by atoms with Gasteiger partial charge in [0.1, 0.15) is 18.4 Å². The summed E-state index contributed by atoms with van der Waals surface area (Å²) in [6, 6.07) is 7.97. The number of methoxy groups -OCH3 is 1. The summed E-state index contributed by atoms with van der Waals surface area (Å²) >= 11 is 0. The van der Waals surface area contributed by atoms with Crippen molar-refractivity contribution in [1.82, 2.24) is 15.5 Å². The highest BCUT2D eigenvalue weighted by Crippen LogP contribution is 2.32. The lowest BCUT2D eigenvalue weighted by Gasteiger charge is -2.31. The molecule has 0 aromatic heterocycles. The number of guanidine groups is 1. The smallest absolute Gasteiger partial charge is 0.243 e. The van der Waals surface area contributed by atoms with E-state index < -0.39 is 5.79 Å². The fourth-order valence-electron chi connectivity index (χ4n) is 3.45. The third-order valence-electron chi connectivity index (χ3n) is 5.40. The lowest BCUT2D eigenvalue weighted by atomic mass is 10.1. The van der Waals surface area contributed by atoms with Gasteiger partial charge >= 0.3 is 0 Å². The minimum atomic E-state index is -0.509. The Balaban J connectivity index is 1.50.